The van der Waals surface area contributed by atoms with E-state index in [4.69, 9.17) is 9.15 Å². The molecule has 4 nitrogen and oxygen atoms in total. The zero-order valence-electron chi connectivity index (χ0n) is 14.6. The molecule has 0 N–H and O–H groups in total. The molecule has 0 aliphatic carbocycles. The smallest absolute Gasteiger partial charge is 0.374 e. The molecular formula is C20H25NO3. The third kappa shape index (κ3) is 4.59. The minimum absolute atomic E-state index is 0.0246. The van der Waals surface area contributed by atoms with Gasteiger partial charge in [-0.25, -0.2) is 4.79 Å². The Morgan fingerprint density at radius 2 is 1.83 bits per heavy atom. The van der Waals surface area contributed by atoms with Crippen LogP contribution < -0.4 is 0 Å². The predicted octanol–water partition coefficient (Wildman–Crippen LogP) is 4.55. The first-order valence-corrected chi connectivity index (χ1v) is 8.43. The van der Waals surface area contributed by atoms with Crippen LogP contribution in [0.25, 0.3) is 6.08 Å². The Morgan fingerprint density at radius 3 is 2.46 bits per heavy atom. The molecule has 0 radical (unpaired) electrons. The topological polar surface area (TPSA) is 42.7 Å². The van der Waals surface area contributed by atoms with Crippen LogP contribution in [0.3, 0.4) is 0 Å². The molecule has 4 heteroatoms. The van der Waals surface area contributed by atoms with Gasteiger partial charge in [0.25, 0.3) is 0 Å². The van der Waals surface area contributed by atoms with Gasteiger partial charge >= 0.3 is 5.97 Å². The molecule has 128 valence electrons. The Balaban J connectivity index is 2.26. The van der Waals surface area contributed by atoms with Gasteiger partial charge in [-0.05, 0) is 37.7 Å². The summed E-state index contributed by atoms with van der Waals surface area (Å²) in [5.41, 5.74) is 1.13. The summed E-state index contributed by atoms with van der Waals surface area (Å²) >= 11 is 0. The largest absolute Gasteiger partial charge is 0.460 e. The Morgan fingerprint density at radius 1 is 1.12 bits per heavy atom. The highest BCUT2D eigenvalue weighted by atomic mass is 16.5. The predicted molar refractivity (Wildman–Crippen MR) is 95.8 cm³/mol. The molecule has 0 saturated carbocycles. The zero-order valence-corrected chi connectivity index (χ0v) is 14.6. The summed E-state index contributed by atoms with van der Waals surface area (Å²) in [7, 11) is 0. The van der Waals surface area contributed by atoms with Crippen LogP contribution in [0.15, 0.2) is 53.0 Å². The van der Waals surface area contributed by atoms with Crippen molar-refractivity contribution in [1.29, 1.82) is 0 Å². The Hall–Kier alpha value is -2.33. The number of carbonyl (C=O) groups excluding carboxylic acids is 1. The van der Waals surface area contributed by atoms with E-state index in [1.165, 1.54) is 0 Å². The molecule has 0 spiro atoms. The van der Waals surface area contributed by atoms with E-state index in [1.807, 2.05) is 24.3 Å². The number of hydrogen-bond donors (Lipinski definition) is 0. The lowest BCUT2D eigenvalue weighted by atomic mass is 10.1. The van der Waals surface area contributed by atoms with E-state index < -0.39 is 5.97 Å². The van der Waals surface area contributed by atoms with E-state index in [-0.39, 0.29) is 11.8 Å². The number of furan rings is 1. The molecule has 1 atom stereocenters. The monoisotopic (exact) mass is 327 g/mol. The molecule has 1 unspecified atom stereocenters. The highest BCUT2D eigenvalue weighted by molar-refractivity contribution is 5.86. The molecule has 2 rings (SSSR count). The lowest BCUT2D eigenvalue weighted by Gasteiger charge is -2.25. The van der Waals surface area contributed by atoms with Crippen molar-refractivity contribution >= 4 is 12.0 Å². The molecule has 0 aliphatic rings. The summed E-state index contributed by atoms with van der Waals surface area (Å²) in [5, 5.41) is 0. The van der Waals surface area contributed by atoms with Crippen molar-refractivity contribution < 1.29 is 13.9 Å². The van der Waals surface area contributed by atoms with Crippen LogP contribution in [0.2, 0.25) is 0 Å². The van der Waals surface area contributed by atoms with Crippen LogP contribution in [0.5, 0.6) is 0 Å². The first kappa shape index (κ1) is 18.0. The van der Waals surface area contributed by atoms with Gasteiger partial charge in [-0.15, -0.1) is 0 Å². The van der Waals surface area contributed by atoms with Crippen molar-refractivity contribution in [3.8, 4) is 0 Å². The van der Waals surface area contributed by atoms with E-state index in [2.05, 4.69) is 43.0 Å². The fourth-order valence-corrected chi connectivity index (χ4v) is 2.60. The number of esters is 1. The fraction of sp³-hybridized carbons (Fsp3) is 0.350. The summed E-state index contributed by atoms with van der Waals surface area (Å²) in [6.45, 7) is 8.11. The van der Waals surface area contributed by atoms with E-state index >= 15 is 0 Å². The second-order valence-electron chi connectivity index (χ2n) is 5.36. The quantitative estimate of drug-likeness (QED) is 0.667. The average molecular weight is 327 g/mol. The van der Waals surface area contributed by atoms with Crippen molar-refractivity contribution in [2.75, 3.05) is 19.7 Å². The molecule has 0 saturated heterocycles. The minimum atomic E-state index is -0.422. The van der Waals surface area contributed by atoms with Crippen LogP contribution in [0.4, 0.5) is 0 Å². The number of benzene rings is 1. The van der Waals surface area contributed by atoms with Crippen molar-refractivity contribution in [2.45, 2.75) is 26.8 Å². The Bertz CT molecular complexity index is 657. The summed E-state index contributed by atoms with van der Waals surface area (Å²) in [6, 6.07) is 13.6. The normalized spacial score (nSPS) is 12.7. The number of ether oxygens (including phenoxy) is 1. The molecule has 1 aromatic carbocycles. The molecule has 1 heterocycles. The number of carbonyl (C=O) groups is 1. The SMILES string of the molecule is CCOC(=O)c1ccc(C(/C=C/c2ccccc2)N(CC)CC)o1. The van der Waals surface area contributed by atoms with Gasteiger partial charge in [-0.2, -0.15) is 0 Å². The van der Waals surface area contributed by atoms with Crippen LogP contribution in [-0.2, 0) is 4.74 Å². The third-order valence-electron chi connectivity index (χ3n) is 3.87. The molecule has 24 heavy (non-hydrogen) atoms. The molecule has 0 fully saturated rings. The van der Waals surface area contributed by atoms with Gasteiger partial charge < -0.3 is 9.15 Å². The summed E-state index contributed by atoms with van der Waals surface area (Å²) in [4.78, 5) is 14.1. The van der Waals surface area contributed by atoms with Crippen molar-refractivity contribution in [2.24, 2.45) is 0 Å². The van der Waals surface area contributed by atoms with Gasteiger partial charge in [0, 0.05) is 0 Å². The van der Waals surface area contributed by atoms with Crippen LogP contribution >= 0.6 is 0 Å². The minimum Gasteiger partial charge on any atom is -0.460 e. The molecule has 2 aromatic rings. The number of likely N-dealkylation sites (N-methyl/N-ethyl adjacent to an activating group) is 1. The first-order valence-electron chi connectivity index (χ1n) is 8.43. The van der Waals surface area contributed by atoms with E-state index in [1.54, 1.807) is 13.0 Å². The van der Waals surface area contributed by atoms with Gasteiger partial charge in [-0.3, -0.25) is 4.90 Å². The van der Waals surface area contributed by atoms with Gasteiger partial charge in [0.05, 0.1) is 12.6 Å². The van der Waals surface area contributed by atoms with Crippen LogP contribution in [-0.4, -0.2) is 30.6 Å². The van der Waals surface area contributed by atoms with E-state index in [0.717, 1.165) is 24.4 Å². The maximum atomic E-state index is 11.8. The van der Waals surface area contributed by atoms with Crippen molar-refractivity contribution in [3.05, 3.63) is 65.6 Å². The zero-order chi connectivity index (χ0) is 17.4. The second kappa shape index (κ2) is 9.08. The lowest BCUT2D eigenvalue weighted by molar-refractivity contribution is 0.0485. The average Bonchev–Trinajstić information content (AvgIpc) is 3.09. The van der Waals surface area contributed by atoms with Crippen molar-refractivity contribution in [1.82, 2.24) is 4.90 Å². The summed E-state index contributed by atoms with van der Waals surface area (Å²) < 4.78 is 10.8. The standard InChI is InChI=1S/C20H25NO3/c1-4-21(5-2)17(13-12-16-10-8-7-9-11-16)18-14-15-19(24-18)20(22)23-6-3/h7-15,17H,4-6H2,1-3H3/b13-12+. The highest BCUT2D eigenvalue weighted by Crippen LogP contribution is 2.25. The lowest BCUT2D eigenvalue weighted by Crippen LogP contribution is -2.26. The number of rotatable bonds is 8. The van der Waals surface area contributed by atoms with E-state index in [9.17, 15) is 4.79 Å². The molecular weight excluding hydrogens is 302 g/mol. The number of hydrogen-bond acceptors (Lipinski definition) is 4. The highest BCUT2D eigenvalue weighted by Gasteiger charge is 2.21. The fourth-order valence-electron chi connectivity index (χ4n) is 2.60. The van der Waals surface area contributed by atoms with Crippen LogP contribution in [0.1, 0.15) is 48.7 Å². The van der Waals surface area contributed by atoms with E-state index in [0.29, 0.717) is 6.61 Å². The molecule has 0 aliphatic heterocycles. The summed E-state index contributed by atoms with van der Waals surface area (Å²) in [5.74, 6) is 0.570. The maximum absolute atomic E-state index is 11.8. The maximum Gasteiger partial charge on any atom is 0.374 e. The Kier molecular flexibility index (Phi) is 6.82. The van der Waals surface area contributed by atoms with Gasteiger partial charge in [0.2, 0.25) is 5.76 Å². The molecule has 0 amide bonds. The van der Waals surface area contributed by atoms with Gasteiger partial charge in [0.1, 0.15) is 5.76 Å². The van der Waals surface area contributed by atoms with Crippen LogP contribution in [0, 0.1) is 0 Å². The summed E-state index contributed by atoms with van der Waals surface area (Å²) in [6.07, 6.45) is 4.19. The first-order chi connectivity index (χ1) is 11.7. The van der Waals surface area contributed by atoms with Gasteiger partial charge in [0.15, 0.2) is 0 Å². The second-order valence-corrected chi connectivity index (χ2v) is 5.36. The molecule has 0 bridgehead atoms. The number of nitrogens with zero attached hydrogens (tertiary/aromatic N) is 1. The molecule has 1 aromatic heterocycles. The van der Waals surface area contributed by atoms with Crippen molar-refractivity contribution in [3.63, 3.8) is 0 Å². The van der Waals surface area contributed by atoms with Gasteiger partial charge in [-0.1, -0.05) is 56.3 Å². The Labute approximate surface area is 143 Å². The third-order valence-corrected chi connectivity index (χ3v) is 3.87.